The molecule has 0 aromatic heterocycles. The number of aliphatic carboxylic acids is 1. The molecule has 0 aromatic rings. The molecule has 0 aliphatic rings. The van der Waals surface area contributed by atoms with Gasteiger partial charge in [-0.2, -0.15) is 5.26 Å². The third-order valence-electron chi connectivity index (χ3n) is 1.42. The Morgan fingerprint density at radius 2 is 1.79 bits per heavy atom. The van der Waals surface area contributed by atoms with Crippen LogP contribution >= 0.6 is 0 Å². The topological polar surface area (TPSA) is 115 Å². The van der Waals surface area contributed by atoms with E-state index in [9.17, 15) is 13.2 Å². The fourth-order valence-electron chi connectivity index (χ4n) is 0.584. The molecule has 0 aliphatic heterocycles. The zero-order chi connectivity index (χ0) is 11.5. The standard InChI is InChI=1S/C7H9NO5S/c1-4(2)14(12,13)5(3-8)6(9)7(10)11/h4,9H,1-2H3,(H,10,11)/b6-5-. The molecule has 78 valence electrons. The Balaban J connectivity index is 5.70. The number of aliphatic hydroxyl groups excluding tert-OH is 1. The molecule has 7 heteroatoms. The molecule has 0 atom stereocenters. The number of rotatable bonds is 3. The van der Waals surface area contributed by atoms with E-state index in [-0.39, 0.29) is 0 Å². The van der Waals surface area contributed by atoms with Crippen LogP contribution in [-0.2, 0) is 14.6 Å². The first-order valence-corrected chi connectivity index (χ1v) is 5.10. The Labute approximate surface area is 81.0 Å². The van der Waals surface area contributed by atoms with Gasteiger partial charge in [0.1, 0.15) is 6.07 Å². The maximum Gasteiger partial charge on any atom is 0.373 e. The van der Waals surface area contributed by atoms with Crippen LogP contribution in [0.2, 0.25) is 0 Å². The lowest BCUT2D eigenvalue weighted by Gasteiger charge is -2.05. The van der Waals surface area contributed by atoms with Crippen molar-refractivity contribution in [1.82, 2.24) is 0 Å². The average Bonchev–Trinajstić information content (AvgIpc) is 2.04. The number of sulfone groups is 1. The molecule has 0 rings (SSSR count). The Bertz CT molecular complexity index is 412. The molecule has 0 saturated carbocycles. The van der Waals surface area contributed by atoms with Crippen LogP contribution in [0.25, 0.3) is 0 Å². The first kappa shape index (κ1) is 12.4. The third-order valence-corrected chi connectivity index (χ3v) is 3.52. The summed E-state index contributed by atoms with van der Waals surface area (Å²) in [6.07, 6.45) is 0. The summed E-state index contributed by atoms with van der Waals surface area (Å²) in [6, 6.07) is 1.17. The van der Waals surface area contributed by atoms with Gasteiger partial charge in [-0.3, -0.25) is 0 Å². The van der Waals surface area contributed by atoms with E-state index in [2.05, 4.69) is 0 Å². The molecule has 6 nitrogen and oxygen atoms in total. The van der Waals surface area contributed by atoms with Crippen molar-refractivity contribution in [1.29, 1.82) is 5.26 Å². The molecule has 0 unspecified atom stereocenters. The van der Waals surface area contributed by atoms with Crippen LogP contribution in [0.1, 0.15) is 13.8 Å². The molecule has 0 aromatic carbocycles. The second kappa shape index (κ2) is 4.11. The minimum absolute atomic E-state index is 0.960. The van der Waals surface area contributed by atoms with Gasteiger partial charge in [0.2, 0.25) is 5.76 Å². The second-order valence-corrected chi connectivity index (χ2v) is 5.13. The Kier molecular flexibility index (Phi) is 3.65. The number of hydrogen-bond donors (Lipinski definition) is 2. The van der Waals surface area contributed by atoms with Gasteiger partial charge in [0, 0.05) is 0 Å². The van der Waals surface area contributed by atoms with Crippen LogP contribution in [0.15, 0.2) is 10.7 Å². The highest BCUT2D eigenvalue weighted by Crippen LogP contribution is 2.15. The van der Waals surface area contributed by atoms with Crippen LogP contribution in [0.5, 0.6) is 0 Å². The summed E-state index contributed by atoms with van der Waals surface area (Å²) in [6.45, 7) is 2.56. The molecule has 14 heavy (non-hydrogen) atoms. The average molecular weight is 219 g/mol. The zero-order valence-electron chi connectivity index (χ0n) is 7.55. The van der Waals surface area contributed by atoms with Gasteiger partial charge in [-0.05, 0) is 13.8 Å². The van der Waals surface area contributed by atoms with E-state index in [1.165, 1.54) is 19.9 Å². The van der Waals surface area contributed by atoms with Crippen molar-refractivity contribution in [2.75, 3.05) is 0 Å². The maximum absolute atomic E-state index is 11.3. The van der Waals surface area contributed by atoms with Gasteiger partial charge in [-0.15, -0.1) is 0 Å². The summed E-state index contributed by atoms with van der Waals surface area (Å²) in [5.41, 5.74) is 0. The fourth-order valence-corrected chi connectivity index (χ4v) is 1.54. The monoisotopic (exact) mass is 219 g/mol. The van der Waals surface area contributed by atoms with Crippen molar-refractivity contribution in [3.05, 3.63) is 10.7 Å². The minimum Gasteiger partial charge on any atom is -0.500 e. The molecule has 0 amide bonds. The van der Waals surface area contributed by atoms with Gasteiger partial charge >= 0.3 is 5.97 Å². The van der Waals surface area contributed by atoms with Crippen LogP contribution < -0.4 is 0 Å². The molecule has 0 radical (unpaired) electrons. The molecule has 0 bridgehead atoms. The van der Waals surface area contributed by atoms with Crippen molar-refractivity contribution < 1.29 is 23.4 Å². The molecule has 2 N–H and O–H groups in total. The number of carboxylic acid groups (broad SMARTS) is 1. The summed E-state index contributed by atoms with van der Waals surface area (Å²) < 4.78 is 22.6. The minimum atomic E-state index is -4.05. The van der Waals surface area contributed by atoms with E-state index in [0.29, 0.717) is 0 Å². The van der Waals surface area contributed by atoms with E-state index < -0.39 is 31.7 Å². The van der Waals surface area contributed by atoms with Crippen LogP contribution in [0.3, 0.4) is 0 Å². The lowest BCUT2D eigenvalue weighted by atomic mass is 10.5. The van der Waals surface area contributed by atoms with E-state index in [1.807, 2.05) is 0 Å². The molecule has 0 aliphatic carbocycles. The second-order valence-electron chi connectivity index (χ2n) is 2.69. The highest BCUT2D eigenvalue weighted by atomic mass is 32.2. The van der Waals surface area contributed by atoms with Gasteiger partial charge in [-0.1, -0.05) is 0 Å². The lowest BCUT2D eigenvalue weighted by molar-refractivity contribution is -0.135. The normalized spacial score (nSPS) is 13.3. The van der Waals surface area contributed by atoms with E-state index in [4.69, 9.17) is 15.5 Å². The van der Waals surface area contributed by atoms with Crippen LogP contribution in [0.4, 0.5) is 0 Å². The smallest absolute Gasteiger partial charge is 0.373 e. The number of carbonyl (C=O) groups is 1. The lowest BCUT2D eigenvalue weighted by Crippen LogP contribution is -2.19. The van der Waals surface area contributed by atoms with Gasteiger partial charge in [0.25, 0.3) is 0 Å². The quantitative estimate of drug-likeness (QED) is 0.397. The zero-order valence-corrected chi connectivity index (χ0v) is 8.37. The van der Waals surface area contributed by atoms with Crippen molar-refractivity contribution in [2.45, 2.75) is 19.1 Å². The van der Waals surface area contributed by atoms with Crippen LogP contribution in [0, 0.1) is 11.3 Å². The number of nitrogens with zero attached hydrogens (tertiary/aromatic N) is 1. The maximum atomic E-state index is 11.3. The Hall–Kier alpha value is -1.55. The number of carboxylic acids is 1. The molecule has 0 fully saturated rings. The predicted octanol–water partition coefficient (Wildman–Crippen LogP) is 0.187. The molecular formula is C7H9NO5S. The number of aliphatic hydroxyl groups is 1. The van der Waals surface area contributed by atoms with Crippen molar-refractivity contribution >= 4 is 15.8 Å². The van der Waals surface area contributed by atoms with Crippen molar-refractivity contribution in [3.63, 3.8) is 0 Å². The summed E-state index contributed by atoms with van der Waals surface area (Å²) in [5, 5.41) is 24.6. The number of nitriles is 1. The summed E-state index contributed by atoms with van der Waals surface area (Å²) in [5.74, 6) is -3.29. The molecule has 0 saturated heterocycles. The highest BCUT2D eigenvalue weighted by molar-refractivity contribution is 7.96. The van der Waals surface area contributed by atoms with E-state index in [1.54, 1.807) is 0 Å². The predicted molar refractivity (Wildman–Crippen MR) is 47.0 cm³/mol. The SMILES string of the molecule is CC(C)S(=O)(=O)/C(C#N)=C(\O)C(=O)O. The van der Waals surface area contributed by atoms with Gasteiger partial charge < -0.3 is 10.2 Å². The number of hydrogen-bond acceptors (Lipinski definition) is 5. The third kappa shape index (κ3) is 2.23. The van der Waals surface area contributed by atoms with E-state index >= 15 is 0 Å². The van der Waals surface area contributed by atoms with Crippen LogP contribution in [-0.4, -0.2) is 29.9 Å². The summed E-state index contributed by atoms with van der Waals surface area (Å²) in [4.78, 5) is 9.13. The Morgan fingerprint density at radius 3 is 2.00 bits per heavy atom. The van der Waals surface area contributed by atoms with Gasteiger partial charge in [-0.25, -0.2) is 13.2 Å². The first-order chi connectivity index (χ1) is 6.25. The molecular weight excluding hydrogens is 210 g/mol. The fraction of sp³-hybridized carbons (Fsp3) is 0.429. The Morgan fingerprint density at radius 1 is 1.36 bits per heavy atom. The van der Waals surface area contributed by atoms with E-state index in [0.717, 1.165) is 0 Å². The van der Waals surface area contributed by atoms with Crippen molar-refractivity contribution in [2.24, 2.45) is 0 Å². The largest absolute Gasteiger partial charge is 0.500 e. The highest BCUT2D eigenvalue weighted by Gasteiger charge is 2.28. The van der Waals surface area contributed by atoms with Gasteiger partial charge in [0.15, 0.2) is 14.7 Å². The molecule has 0 heterocycles. The summed E-state index contributed by atoms with van der Waals surface area (Å²) >= 11 is 0. The molecule has 0 spiro atoms. The summed E-state index contributed by atoms with van der Waals surface area (Å²) in [7, 11) is -4.05. The van der Waals surface area contributed by atoms with Crippen molar-refractivity contribution in [3.8, 4) is 6.07 Å². The van der Waals surface area contributed by atoms with Gasteiger partial charge in [0.05, 0.1) is 5.25 Å². The number of allylic oxidation sites excluding steroid dienone is 1. The first-order valence-electron chi connectivity index (χ1n) is 3.55.